The Hall–Kier alpha value is -1.99. The Balaban J connectivity index is 1.96. The van der Waals surface area contributed by atoms with E-state index in [-0.39, 0.29) is 6.10 Å². The summed E-state index contributed by atoms with van der Waals surface area (Å²) in [6.45, 7) is 4.89. The Labute approximate surface area is 123 Å². The van der Waals surface area contributed by atoms with E-state index in [1.54, 1.807) is 11.3 Å². The molecular formula is C16H18N2OS. The minimum absolute atomic E-state index is 0.223. The van der Waals surface area contributed by atoms with Crippen LogP contribution in [-0.4, -0.2) is 6.10 Å². The van der Waals surface area contributed by atoms with Crippen molar-refractivity contribution in [3.8, 4) is 11.8 Å². The van der Waals surface area contributed by atoms with E-state index >= 15 is 0 Å². The predicted octanol–water partition coefficient (Wildman–Crippen LogP) is 4.41. The molecular weight excluding hydrogens is 268 g/mol. The first-order valence-electron chi connectivity index (χ1n) is 6.69. The number of nitrogens with zero attached hydrogens (tertiary/aromatic N) is 1. The van der Waals surface area contributed by atoms with Gasteiger partial charge in [-0.1, -0.05) is 13.0 Å². The molecule has 1 aromatic heterocycles. The van der Waals surface area contributed by atoms with Crippen LogP contribution in [-0.2, 0) is 6.54 Å². The number of hydrogen-bond acceptors (Lipinski definition) is 4. The molecule has 1 aromatic carbocycles. The van der Waals surface area contributed by atoms with Crippen molar-refractivity contribution in [2.75, 3.05) is 5.32 Å². The van der Waals surface area contributed by atoms with Gasteiger partial charge in [0.25, 0.3) is 0 Å². The van der Waals surface area contributed by atoms with Crippen LogP contribution >= 0.6 is 11.3 Å². The van der Waals surface area contributed by atoms with Crippen molar-refractivity contribution in [3.63, 3.8) is 0 Å². The van der Waals surface area contributed by atoms with Gasteiger partial charge in [0.05, 0.1) is 11.7 Å². The second kappa shape index (κ2) is 6.97. The van der Waals surface area contributed by atoms with Gasteiger partial charge in [0.1, 0.15) is 11.8 Å². The Morgan fingerprint density at radius 2 is 2.25 bits per heavy atom. The smallest absolute Gasteiger partial charge is 0.121 e. The Kier molecular flexibility index (Phi) is 5.03. The van der Waals surface area contributed by atoms with Crippen LogP contribution in [0.15, 0.2) is 35.7 Å². The van der Waals surface area contributed by atoms with Crippen LogP contribution in [0.25, 0.3) is 0 Å². The first-order chi connectivity index (χ1) is 9.71. The maximum atomic E-state index is 8.80. The van der Waals surface area contributed by atoms with Crippen LogP contribution in [0.5, 0.6) is 5.75 Å². The number of nitriles is 1. The average molecular weight is 286 g/mol. The van der Waals surface area contributed by atoms with Crippen molar-refractivity contribution in [3.05, 3.63) is 46.2 Å². The SMILES string of the molecule is CCC(C)Oc1cccc(NCc2cc(C#N)cs2)c1. The monoisotopic (exact) mass is 286 g/mol. The highest BCUT2D eigenvalue weighted by atomic mass is 32.1. The number of ether oxygens (including phenoxy) is 1. The lowest BCUT2D eigenvalue weighted by atomic mass is 10.2. The summed E-state index contributed by atoms with van der Waals surface area (Å²) in [6.07, 6.45) is 1.21. The van der Waals surface area contributed by atoms with E-state index in [4.69, 9.17) is 10.00 Å². The maximum absolute atomic E-state index is 8.80. The number of thiophene rings is 1. The second-order valence-electron chi connectivity index (χ2n) is 4.63. The topological polar surface area (TPSA) is 45.0 Å². The number of anilines is 1. The molecule has 1 heterocycles. The lowest BCUT2D eigenvalue weighted by molar-refractivity contribution is 0.217. The summed E-state index contributed by atoms with van der Waals surface area (Å²) < 4.78 is 5.80. The Morgan fingerprint density at radius 1 is 1.40 bits per heavy atom. The highest BCUT2D eigenvalue weighted by molar-refractivity contribution is 7.10. The first-order valence-corrected chi connectivity index (χ1v) is 7.57. The molecule has 3 nitrogen and oxygen atoms in total. The average Bonchev–Trinajstić information content (AvgIpc) is 2.93. The van der Waals surface area contributed by atoms with Crippen molar-refractivity contribution in [2.45, 2.75) is 32.9 Å². The molecule has 0 aliphatic heterocycles. The van der Waals surface area contributed by atoms with Crippen LogP contribution in [0.3, 0.4) is 0 Å². The van der Waals surface area contributed by atoms with Crippen molar-refractivity contribution in [1.82, 2.24) is 0 Å². The maximum Gasteiger partial charge on any atom is 0.121 e. The van der Waals surface area contributed by atoms with E-state index in [9.17, 15) is 0 Å². The van der Waals surface area contributed by atoms with Crippen LogP contribution < -0.4 is 10.1 Å². The zero-order valence-electron chi connectivity index (χ0n) is 11.7. The third-order valence-corrected chi connectivity index (χ3v) is 3.93. The quantitative estimate of drug-likeness (QED) is 0.855. The summed E-state index contributed by atoms with van der Waals surface area (Å²) in [7, 11) is 0. The molecule has 0 bridgehead atoms. The number of rotatable bonds is 6. The molecule has 0 saturated carbocycles. The van der Waals surface area contributed by atoms with Gasteiger partial charge in [-0.2, -0.15) is 5.26 Å². The minimum atomic E-state index is 0.223. The van der Waals surface area contributed by atoms with E-state index in [2.05, 4.69) is 25.2 Å². The zero-order chi connectivity index (χ0) is 14.4. The normalized spacial score (nSPS) is 11.7. The molecule has 0 aliphatic rings. The van der Waals surface area contributed by atoms with E-state index in [0.29, 0.717) is 0 Å². The standard InChI is InChI=1S/C16H18N2OS/c1-3-12(2)19-15-6-4-5-14(8-15)18-10-16-7-13(9-17)11-20-16/h4-8,11-12,18H,3,10H2,1-2H3. The molecule has 0 saturated heterocycles. The number of benzene rings is 1. The molecule has 0 radical (unpaired) electrons. The van der Waals surface area contributed by atoms with Gasteiger partial charge in [-0.3, -0.25) is 0 Å². The predicted molar refractivity (Wildman–Crippen MR) is 83.2 cm³/mol. The molecule has 20 heavy (non-hydrogen) atoms. The number of nitrogens with one attached hydrogen (secondary N) is 1. The molecule has 0 amide bonds. The molecule has 0 fully saturated rings. The van der Waals surface area contributed by atoms with Crippen LogP contribution in [0.4, 0.5) is 5.69 Å². The van der Waals surface area contributed by atoms with E-state index in [1.165, 1.54) is 0 Å². The molecule has 2 rings (SSSR count). The van der Waals surface area contributed by atoms with Gasteiger partial charge in [-0.05, 0) is 31.5 Å². The van der Waals surface area contributed by atoms with Gasteiger partial charge in [-0.15, -0.1) is 11.3 Å². The van der Waals surface area contributed by atoms with E-state index in [1.807, 2.05) is 35.7 Å². The van der Waals surface area contributed by atoms with Gasteiger partial charge >= 0.3 is 0 Å². The minimum Gasteiger partial charge on any atom is -0.491 e. The van der Waals surface area contributed by atoms with Crippen molar-refractivity contribution in [1.29, 1.82) is 5.26 Å². The summed E-state index contributed by atoms with van der Waals surface area (Å²) in [4.78, 5) is 1.15. The van der Waals surface area contributed by atoms with Gasteiger partial charge in [-0.25, -0.2) is 0 Å². The Bertz CT molecular complexity index is 601. The fourth-order valence-corrected chi connectivity index (χ4v) is 2.47. The largest absolute Gasteiger partial charge is 0.491 e. The van der Waals surface area contributed by atoms with Crippen LogP contribution in [0, 0.1) is 11.3 Å². The summed E-state index contributed by atoms with van der Waals surface area (Å²) in [5.74, 6) is 0.883. The summed E-state index contributed by atoms with van der Waals surface area (Å²) >= 11 is 1.60. The molecule has 2 aromatic rings. The molecule has 0 spiro atoms. The van der Waals surface area contributed by atoms with Gasteiger partial charge in [0, 0.05) is 28.6 Å². The third kappa shape index (κ3) is 4.01. The molecule has 1 N–H and O–H groups in total. The Morgan fingerprint density at radius 3 is 2.95 bits per heavy atom. The van der Waals surface area contributed by atoms with Crippen LogP contribution in [0.2, 0.25) is 0 Å². The lowest BCUT2D eigenvalue weighted by Crippen LogP contribution is -2.09. The van der Waals surface area contributed by atoms with Crippen LogP contribution in [0.1, 0.15) is 30.7 Å². The van der Waals surface area contributed by atoms with E-state index < -0.39 is 0 Å². The number of hydrogen-bond donors (Lipinski definition) is 1. The van der Waals surface area contributed by atoms with E-state index in [0.717, 1.165) is 34.8 Å². The fraction of sp³-hybridized carbons (Fsp3) is 0.312. The summed E-state index contributed by atoms with van der Waals surface area (Å²) in [5, 5.41) is 14.0. The molecule has 1 unspecified atom stereocenters. The third-order valence-electron chi connectivity index (χ3n) is 3.00. The highest BCUT2D eigenvalue weighted by Crippen LogP contribution is 2.21. The van der Waals surface area contributed by atoms with Gasteiger partial charge < -0.3 is 10.1 Å². The van der Waals surface area contributed by atoms with Gasteiger partial charge in [0.2, 0.25) is 0 Å². The second-order valence-corrected chi connectivity index (χ2v) is 5.63. The molecule has 104 valence electrons. The zero-order valence-corrected chi connectivity index (χ0v) is 12.5. The fourth-order valence-electron chi connectivity index (χ4n) is 1.72. The van der Waals surface area contributed by atoms with Gasteiger partial charge in [0.15, 0.2) is 0 Å². The van der Waals surface area contributed by atoms with Crippen molar-refractivity contribution >= 4 is 17.0 Å². The highest BCUT2D eigenvalue weighted by Gasteiger charge is 2.03. The van der Waals surface area contributed by atoms with Crippen molar-refractivity contribution < 1.29 is 4.74 Å². The summed E-state index contributed by atoms with van der Waals surface area (Å²) in [6, 6.07) is 12.0. The summed E-state index contributed by atoms with van der Waals surface area (Å²) in [5.41, 5.74) is 1.75. The molecule has 0 aliphatic carbocycles. The first kappa shape index (κ1) is 14.4. The lowest BCUT2D eigenvalue weighted by Gasteiger charge is -2.13. The van der Waals surface area contributed by atoms with Crippen molar-refractivity contribution in [2.24, 2.45) is 0 Å². The molecule has 4 heteroatoms. The molecule has 1 atom stereocenters.